The summed E-state index contributed by atoms with van der Waals surface area (Å²) in [7, 11) is 0. The van der Waals surface area contributed by atoms with E-state index in [9.17, 15) is 0 Å². The number of aromatic nitrogens is 2. The van der Waals surface area contributed by atoms with E-state index in [0.717, 1.165) is 21.6 Å². The Hall–Kier alpha value is -2.00. The molecule has 0 amide bonds. The van der Waals surface area contributed by atoms with E-state index in [0.29, 0.717) is 12.5 Å². The molecule has 3 rings (SSSR count). The van der Waals surface area contributed by atoms with Crippen LogP contribution in [0, 0.1) is 6.92 Å². The minimum Gasteiger partial charge on any atom is -0.369 e. The normalized spacial score (nSPS) is 11.1. The van der Waals surface area contributed by atoms with E-state index in [-0.39, 0.29) is 0 Å². The third-order valence-corrected chi connectivity index (χ3v) is 3.59. The topological polar surface area (TPSA) is 43.8 Å². The third-order valence-electron chi connectivity index (χ3n) is 3.22. The molecular weight excluding hydrogens is 258 g/mol. The van der Waals surface area contributed by atoms with Crippen LogP contribution >= 0.6 is 11.6 Å². The Morgan fingerprint density at radius 3 is 2.79 bits per heavy atom. The molecule has 0 fully saturated rings. The molecule has 4 heteroatoms. The van der Waals surface area contributed by atoms with E-state index in [2.05, 4.69) is 18.0 Å². The van der Waals surface area contributed by atoms with Gasteiger partial charge in [-0.2, -0.15) is 0 Å². The van der Waals surface area contributed by atoms with E-state index < -0.39 is 0 Å². The van der Waals surface area contributed by atoms with Crippen LogP contribution in [0.1, 0.15) is 11.1 Å². The van der Waals surface area contributed by atoms with Crippen LogP contribution in [0.5, 0.6) is 0 Å². The summed E-state index contributed by atoms with van der Waals surface area (Å²) < 4.78 is 1.99. The molecule has 0 saturated heterocycles. The zero-order valence-corrected chi connectivity index (χ0v) is 11.4. The average molecular weight is 272 g/mol. The molecular formula is C15H14ClN3. The molecule has 0 bridgehead atoms. The highest BCUT2D eigenvalue weighted by molar-refractivity contribution is 6.31. The Morgan fingerprint density at radius 1 is 1.21 bits per heavy atom. The van der Waals surface area contributed by atoms with Gasteiger partial charge in [0.15, 0.2) is 0 Å². The zero-order chi connectivity index (χ0) is 13.4. The van der Waals surface area contributed by atoms with Crippen molar-refractivity contribution in [3.8, 4) is 0 Å². The van der Waals surface area contributed by atoms with Gasteiger partial charge in [0.1, 0.15) is 0 Å². The second-order valence-corrected chi connectivity index (χ2v) is 5.05. The first kappa shape index (κ1) is 12.1. The number of hydrogen-bond donors (Lipinski definition) is 1. The molecule has 0 radical (unpaired) electrons. The van der Waals surface area contributed by atoms with Gasteiger partial charge in [0, 0.05) is 5.02 Å². The van der Waals surface area contributed by atoms with Crippen molar-refractivity contribution in [3.63, 3.8) is 0 Å². The number of nitrogens with two attached hydrogens (primary N) is 1. The van der Waals surface area contributed by atoms with Crippen LogP contribution in [-0.4, -0.2) is 9.55 Å². The summed E-state index contributed by atoms with van der Waals surface area (Å²) in [5.41, 5.74) is 10.2. The third kappa shape index (κ3) is 2.17. The van der Waals surface area contributed by atoms with Crippen LogP contribution in [-0.2, 0) is 6.54 Å². The van der Waals surface area contributed by atoms with Crippen molar-refractivity contribution in [2.75, 3.05) is 5.73 Å². The molecule has 0 unspecified atom stereocenters. The van der Waals surface area contributed by atoms with Gasteiger partial charge in [-0.25, -0.2) is 4.98 Å². The van der Waals surface area contributed by atoms with Crippen LogP contribution < -0.4 is 5.73 Å². The summed E-state index contributed by atoms with van der Waals surface area (Å²) in [4.78, 5) is 4.38. The molecule has 0 saturated carbocycles. The maximum atomic E-state index is 6.20. The zero-order valence-electron chi connectivity index (χ0n) is 10.6. The summed E-state index contributed by atoms with van der Waals surface area (Å²) in [6, 6.07) is 13.9. The number of fused-ring (bicyclic) bond motifs is 1. The summed E-state index contributed by atoms with van der Waals surface area (Å²) in [5.74, 6) is 0.514. The molecule has 0 aliphatic heterocycles. The second kappa shape index (κ2) is 4.59. The molecule has 19 heavy (non-hydrogen) atoms. The Morgan fingerprint density at radius 2 is 2.00 bits per heavy atom. The Kier molecular flexibility index (Phi) is 2.91. The highest BCUT2D eigenvalue weighted by Crippen LogP contribution is 2.23. The van der Waals surface area contributed by atoms with Crippen molar-refractivity contribution in [3.05, 3.63) is 58.6 Å². The first-order chi connectivity index (χ1) is 9.15. The van der Waals surface area contributed by atoms with Crippen LogP contribution in [0.3, 0.4) is 0 Å². The number of benzene rings is 2. The lowest BCUT2D eigenvalue weighted by atomic mass is 10.2. The highest BCUT2D eigenvalue weighted by Gasteiger charge is 2.10. The minimum atomic E-state index is 0.514. The van der Waals surface area contributed by atoms with E-state index in [1.807, 2.05) is 41.0 Å². The lowest BCUT2D eigenvalue weighted by Crippen LogP contribution is -2.05. The minimum absolute atomic E-state index is 0.514. The largest absolute Gasteiger partial charge is 0.369 e. The number of nitrogens with zero attached hydrogens (tertiary/aromatic N) is 2. The van der Waals surface area contributed by atoms with Crippen molar-refractivity contribution < 1.29 is 0 Å². The Bertz CT molecular complexity index is 746. The van der Waals surface area contributed by atoms with Crippen LogP contribution in [0.4, 0.5) is 5.95 Å². The van der Waals surface area contributed by atoms with Crippen LogP contribution in [0.2, 0.25) is 5.02 Å². The molecule has 2 aromatic carbocycles. The van der Waals surface area contributed by atoms with Gasteiger partial charge in [-0.1, -0.05) is 35.9 Å². The Labute approximate surface area is 116 Å². The molecule has 0 aliphatic rings. The van der Waals surface area contributed by atoms with Crippen LogP contribution in [0.25, 0.3) is 11.0 Å². The first-order valence-corrected chi connectivity index (χ1v) is 6.49. The highest BCUT2D eigenvalue weighted by atomic mass is 35.5. The lowest BCUT2D eigenvalue weighted by Gasteiger charge is -2.08. The Balaban J connectivity index is 2.12. The van der Waals surface area contributed by atoms with Crippen molar-refractivity contribution in [1.29, 1.82) is 0 Å². The van der Waals surface area contributed by atoms with E-state index >= 15 is 0 Å². The van der Waals surface area contributed by atoms with Gasteiger partial charge < -0.3 is 10.3 Å². The van der Waals surface area contributed by atoms with Gasteiger partial charge in [0.2, 0.25) is 5.95 Å². The standard InChI is InChI=1S/C15H14ClN3/c1-10-6-7-13-14(8-10)19(15(17)18-13)9-11-4-2-3-5-12(11)16/h2-8H,9H2,1H3,(H2,17,18). The number of nitrogen functional groups attached to an aromatic ring is 1. The van der Waals surface area contributed by atoms with Gasteiger partial charge >= 0.3 is 0 Å². The number of halogens is 1. The van der Waals surface area contributed by atoms with E-state index in [1.165, 1.54) is 5.56 Å². The number of hydrogen-bond acceptors (Lipinski definition) is 2. The number of imidazole rings is 1. The van der Waals surface area contributed by atoms with Crippen molar-refractivity contribution >= 4 is 28.6 Å². The quantitative estimate of drug-likeness (QED) is 0.773. The first-order valence-electron chi connectivity index (χ1n) is 6.11. The van der Waals surface area contributed by atoms with Crippen molar-refractivity contribution in [2.45, 2.75) is 13.5 Å². The van der Waals surface area contributed by atoms with Gasteiger partial charge in [0.25, 0.3) is 0 Å². The monoisotopic (exact) mass is 271 g/mol. The number of anilines is 1. The molecule has 2 N–H and O–H groups in total. The van der Waals surface area contributed by atoms with Gasteiger partial charge in [-0.15, -0.1) is 0 Å². The van der Waals surface area contributed by atoms with Gasteiger partial charge in [-0.05, 0) is 36.2 Å². The predicted octanol–water partition coefficient (Wildman–Crippen LogP) is 3.63. The average Bonchev–Trinajstić information content (AvgIpc) is 2.69. The van der Waals surface area contributed by atoms with E-state index in [1.54, 1.807) is 0 Å². The molecule has 0 spiro atoms. The molecule has 0 atom stereocenters. The maximum absolute atomic E-state index is 6.20. The smallest absolute Gasteiger partial charge is 0.201 e. The summed E-state index contributed by atoms with van der Waals surface area (Å²) in [5, 5.41) is 0.747. The number of aryl methyl sites for hydroxylation is 1. The lowest BCUT2D eigenvalue weighted by molar-refractivity contribution is 0.838. The fourth-order valence-electron chi connectivity index (χ4n) is 2.21. The summed E-state index contributed by atoms with van der Waals surface area (Å²) in [6.45, 7) is 2.69. The van der Waals surface area contributed by atoms with Crippen molar-refractivity contribution in [1.82, 2.24) is 9.55 Å². The fraction of sp³-hybridized carbons (Fsp3) is 0.133. The summed E-state index contributed by atoms with van der Waals surface area (Å²) >= 11 is 6.20. The predicted molar refractivity (Wildman–Crippen MR) is 79.4 cm³/mol. The maximum Gasteiger partial charge on any atom is 0.201 e. The molecule has 96 valence electrons. The second-order valence-electron chi connectivity index (χ2n) is 4.64. The molecule has 3 aromatic rings. The van der Waals surface area contributed by atoms with Crippen molar-refractivity contribution in [2.24, 2.45) is 0 Å². The van der Waals surface area contributed by atoms with Crippen LogP contribution in [0.15, 0.2) is 42.5 Å². The molecule has 3 nitrogen and oxygen atoms in total. The van der Waals surface area contributed by atoms with Gasteiger partial charge in [-0.3, -0.25) is 0 Å². The molecule has 0 aliphatic carbocycles. The molecule has 1 aromatic heterocycles. The number of rotatable bonds is 2. The summed E-state index contributed by atoms with van der Waals surface area (Å²) in [6.07, 6.45) is 0. The molecule has 1 heterocycles. The SMILES string of the molecule is Cc1ccc2nc(N)n(Cc3ccccc3Cl)c2c1. The van der Waals surface area contributed by atoms with Gasteiger partial charge in [0.05, 0.1) is 17.6 Å². The van der Waals surface area contributed by atoms with E-state index in [4.69, 9.17) is 17.3 Å². The fourth-order valence-corrected chi connectivity index (χ4v) is 2.41.